The van der Waals surface area contributed by atoms with Gasteiger partial charge in [0.2, 0.25) is 5.91 Å². The monoisotopic (exact) mass is 468 g/mol. The molecule has 174 valence electrons. The van der Waals surface area contributed by atoms with E-state index in [-0.39, 0.29) is 12.5 Å². The van der Waals surface area contributed by atoms with Gasteiger partial charge in [-0.25, -0.2) is 4.79 Å². The lowest BCUT2D eigenvalue weighted by Gasteiger charge is -2.19. The number of carboxylic acid groups (broad SMARTS) is 1. The summed E-state index contributed by atoms with van der Waals surface area (Å²) in [4.78, 5) is 36.3. The average molecular weight is 469 g/mol. The van der Waals surface area contributed by atoms with Gasteiger partial charge >= 0.3 is 12.1 Å². The normalized spacial score (nSPS) is 17.6. The van der Waals surface area contributed by atoms with E-state index < -0.39 is 30.4 Å². The van der Waals surface area contributed by atoms with Gasteiger partial charge < -0.3 is 20.5 Å². The van der Waals surface area contributed by atoms with Gasteiger partial charge in [0.25, 0.3) is 0 Å². The van der Waals surface area contributed by atoms with Gasteiger partial charge in [0.1, 0.15) is 12.6 Å². The summed E-state index contributed by atoms with van der Waals surface area (Å²) in [5.41, 5.74) is 4.39. The Morgan fingerprint density at radius 2 is 1.73 bits per heavy atom. The minimum Gasteiger partial charge on any atom is -0.481 e. The van der Waals surface area contributed by atoms with Gasteiger partial charge in [-0.1, -0.05) is 48.5 Å². The smallest absolute Gasteiger partial charge is 0.407 e. The fraction of sp³-hybridized carbons (Fsp3) is 0.400. The zero-order valence-corrected chi connectivity index (χ0v) is 19.1. The number of benzene rings is 2. The van der Waals surface area contributed by atoms with Crippen LogP contribution in [0.15, 0.2) is 48.5 Å². The number of amides is 2. The van der Waals surface area contributed by atoms with Gasteiger partial charge in [0.05, 0.1) is 6.42 Å². The Balaban J connectivity index is 1.34. The Kier molecular flexibility index (Phi) is 7.54. The molecule has 2 unspecified atom stereocenters. The third-order valence-corrected chi connectivity index (χ3v) is 7.59. The maximum Gasteiger partial charge on any atom is 0.407 e. The highest BCUT2D eigenvalue weighted by atomic mass is 32.2. The SMILES string of the molecule is O=C(O)CC(NC(=O)OCC1c2ccccc2-c2ccccc21)C(=O)NCCC1CCCS1. The van der Waals surface area contributed by atoms with Crippen molar-refractivity contribution >= 4 is 29.7 Å². The number of carbonyl (C=O) groups excluding carboxylic acids is 2. The quantitative estimate of drug-likeness (QED) is 0.518. The van der Waals surface area contributed by atoms with Crippen LogP contribution in [-0.4, -0.2) is 53.3 Å². The minimum atomic E-state index is -1.19. The van der Waals surface area contributed by atoms with Gasteiger partial charge in [-0.05, 0) is 47.3 Å². The van der Waals surface area contributed by atoms with Crippen LogP contribution in [0, 0.1) is 0 Å². The summed E-state index contributed by atoms with van der Waals surface area (Å²) < 4.78 is 5.46. The molecule has 1 heterocycles. The van der Waals surface area contributed by atoms with Crippen molar-refractivity contribution in [3.05, 3.63) is 59.7 Å². The van der Waals surface area contributed by atoms with Crippen LogP contribution in [-0.2, 0) is 14.3 Å². The first-order chi connectivity index (χ1) is 16.0. The molecule has 1 saturated heterocycles. The van der Waals surface area contributed by atoms with E-state index in [0.717, 1.165) is 40.8 Å². The van der Waals surface area contributed by atoms with Crippen molar-refractivity contribution in [2.75, 3.05) is 18.9 Å². The summed E-state index contributed by atoms with van der Waals surface area (Å²) in [6, 6.07) is 14.8. The molecule has 3 N–H and O–H groups in total. The van der Waals surface area contributed by atoms with E-state index in [1.807, 2.05) is 60.3 Å². The Hall–Kier alpha value is -3.00. The Morgan fingerprint density at radius 3 is 2.33 bits per heavy atom. The van der Waals surface area contributed by atoms with Crippen molar-refractivity contribution in [3.63, 3.8) is 0 Å². The molecule has 0 spiro atoms. The van der Waals surface area contributed by atoms with Crippen LogP contribution in [0.4, 0.5) is 4.79 Å². The molecule has 33 heavy (non-hydrogen) atoms. The van der Waals surface area contributed by atoms with Crippen molar-refractivity contribution in [2.45, 2.75) is 42.9 Å². The number of thioether (sulfide) groups is 1. The van der Waals surface area contributed by atoms with E-state index in [2.05, 4.69) is 10.6 Å². The number of ether oxygens (including phenoxy) is 1. The number of hydrogen-bond acceptors (Lipinski definition) is 5. The number of fused-ring (bicyclic) bond motifs is 3. The molecule has 2 atom stereocenters. The Morgan fingerprint density at radius 1 is 1.06 bits per heavy atom. The molecular weight excluding hydrogens is 440 g/mol. The lowest BCUT2D eigenvalue weighted by Crippen LogP contribution is -2.48. The maximum absolute atomic E-state index is 12.5. The lowest BCUT2D eigenvalue weighted by molar-refractivity contribution is -0.139. The molecule has 0 bridgehead atoms. The molecule has 2 amide bonds. The Bertz CT molecular complexity index is 976. The molecule has 4 rings (SSSR count). The summed E-state index contributed by atoms with van der Waals surface area (Å²) in [6.45, 7) is 0.555. The second kappa shape index (κ2) is 10.7. The molecular formula is C25H28N2O5S. The molecule has 7 nitrogen and oxygen atoms in total. The van der Waals surface area contributed by atoms with E-state index in [1.54, 1.807) is 0 Å². The van der Waals surface area contributed by atoms with E-state index in [4.69, 9.17) is 4.74 Å². The molecule has 0 aromatic heterocycles. The van der Waals surface area contributed by atoms with E-state index in [0.29, 0.717) is 11.8 Å². The van der Waals surface area contributed by atoms with Gasteiger partial charge in [0, 0.05) is 17.7 Å². The third kappa shape index (κ3) is 5.68. The highest BCUT2D eigenvalue weighted by molar-refractivity contribution is 8.00. The van der Waals surface area contributed by atoms with Crippen LogP contribution in [0.3, 0.4) is 0 Å². The van der Waals surface area contributed by atoms with Crippen LogP contribution < -0.4 is 10.6 Å². The highest BCUT2D eigenvalue weighted by Crippen LogP contribution is 2.44. The zero-order chi connectivity index (χ0) is 23.2. The van der Waals surface area contributed by atoms with Gasteiger partial charge in [-0.3, -0.25) is 9.59 Å². The van der Waals surface area contributed by atoms with Crippen molar-refractivity contribution in [1.29, 1.82) is 0 Å². The number of alkyl carbamates (subject to hydrolysis) is 1. The molecule has 1 aliphatic heterocycles. The predicted molar refractivity (Wildman–Crippen MR) is 127 cm³/mol. The van der Waals surface area contributed by atoms with Crippen LogP contribution in [0.5, 0.6) is 0 Å². The van der Waals surface area contributed by atoms with Crippen molar-refractivity contribution < 1.29 is 24.2 Å². The van der Waals surface area contributed by atoms with Gasteiger partial charge in [-0.15, -0.1) is 0 Å². The number of hydrogen-bond donors (Lipinski definition) is 3. The minimum absolute atomic E-state index is 0.0974. The molecule has 1 aliphatic carbocycles. The van der Waals surface area contributed by atoms with Gasteiger partial charge in [0.15, 0.2) is 0 Å². The Labute approximate surface area is 197 Å². The number of carboxylic acids is 1. The third-order valence-electron chi connectivity index (χ3n) is 6.12. The highest BCUT2D eigenvalue weighted by Gasteiger charge is 2.30. The number of carbonyl (C=O) groups is 3. The largest absolute Gasteiger partial charge is 0.481 e. The lowest BCUT2D eigenvalue weighted by atomic mass is 9.98. The first-order valence-corrected chi connectivity index (χ1v) is 12.3. The van der Waals surface area contributed by atoms with E-state index >= 15 is 0 Å². The molecule has 2 aromatic rings. The van der Waals surface area contributed by atoms with Crippen LogP contribution in [0.25, 0.3) is 11.1 Å². The second-order valence-electron chi connectivity index (χ2n) is 8.34. The summed E-state index contributed by atoms with van der Waals surface area (Å²) in [5.74, 6) is -0.642. The van der Waals surface area contributed by atoms with Crippen LogP contribution in [0.1, 0.15) is 42.7 Å². The summed E-state index contributed by atoms with van der Waals surface area (Å²) in [5, 5.41) is 14.9. The molecule has 0 radical (unpaired) electrons. The molecule has 0 saturated carbocycles. The first kappa shape index (κ1) is 23.2. The van der Waals surface area contributed by atoms with Crippen molar-refractivity contribution in [3.8, 4) is 11.1 Å². The van der Waals surface area contributed by atoms with Crippen molar-refractivity contribution in [2.24, 2.45) is 0 Å². The average Bonchev–Trinajstić information content (AvgIpc) is 3.43. The first-order valence-electron chi connectivity index (χ1n) is 11.3. The summed E-state index contributed by atoms with van der Waals surface area (Å²) in [6.07, 6.45) is 1.85. The second-order valence-corrected chi connectivity index (χ2v) is 9.74. The number of aliphatic carboxylic acids is 1. The molecule has 2 aromatic carbocycles. The predicted octanol–water partition coefficient (Wildman–Crippen LogP) is 3.77. The van der Waals surface area contributed by atoms with Crippen LogP contribution in [0.2, 0.25) is 0 Å². The van der Waals surface area contributed by atoms with E-state index in [9.17, 15) is 19.5 Å². The standard InChI is InChI=1S/C25H28N2O5S/c28-23(29)14-22(24(30)26-12-11-16-6-5-13-33-16)27-25(31)32-15-21-19-9-3-1-7-17(19)18-8-2-4-10-20(18)21/h1-4,7-10,16,21-22H,5-6,11-15H2,(H,26,30)(H,27,31)(H,28,29). The molecule has 2 aliphatic rings. The summed E-state index contributed by atoms with van der Waals surface area (Å²) >= 11 is 1.90. The topological polar surface area (TPSA) is 105 Å². The van der Waals surface area contributed by atoms with Crippen molar-refractivity contribution in [1.82, 2.24) is 10.6 Å². The van der Waals surface area contributed by atoms with E-state index in [1.165, 1.54) is 6.42 Å². The number of rotatable bonds is 9. The molecule has 1 fully saturated rings. The van der Waals surface area contributed by atoms with Gasteiger partial charge in [-0.2, -0.15) is 11.8 Å². The fourth-order valence-electron chi connectivity index (χ4n) is 4.52. The summed E-state index contributed by atoms with van der Waals surface area (Å²) in [7, 11) is 0. The van der Waals surface area contributed by atoms with Crippen LogP contribution >= 0.6 is 11.8 Å². The number of nitrogens with one attached hydrogen (secondary N) is 2. The zero-order valence-electron chi connectivity index (χ0n) is 18.3. The maximum atomic E-state index is 12.5. The molecule has 8 heteroatoms. The fourth-order valence-corrected chi connectivity index (χ4v) is 5.80.